The molecular formula is C23H18ClN3OS. The van der Waals surface area contributed by atoms with E-state index in [0.29, 0.717) is 10.6 Å². The minimum atomic E-state index is -0.116. The lowest BCUT2D eigenvalue weighted by Gasteiger charge is -2.13. The summed E-state index contributed by atoms with van der Waals surface area (Å²) in [5.41, 5.74) is 6.33. The second-order valence-corrected chi connectivity index (χ2v) is 8.71. The van der Waals surface area contributed by atoms with Crippen molar-refractivity contribution < 1.29 is 4.79 Å². The Hall–Kier alpha value is -2.76. The van der Waals surface area contributed by atoms with E-state index >= 15 is 0 Å². The summed E-state index contributed by atoms with van der Waals surface area (Å²) >= 11 is 7.85. The van der Waals surface area contributed by atoms with Crippen molar-refractivity contribution >= 4 is 45.4 Å². The Balaban J connectivity index is 1.50. The number of carbonyl (C=O) groups is 1. The van der Waals surface area contributed by atoms with E-state index in [1.165, 1.54) is 0 Å². The molecule has 1 aliphatic carbocycles. The maximum absolute atomic E-state index is 13.3. The Morgan fingerprint density at radius 3 is 2.69 bits per heavy atom. The van der Waals surface area contributed by atoms with Gasteiger partial charge in [0.05, 0.1) is 21.8 Å². The summed E-state index contributed by atoms with van der Waals surface area (Å²) in [6.45, 7) is 1.99. The van der Waals surface area contributed by atoms with Gasteiger partial charge < -0.3 is 5.32 Å². The number of hydrogen-bond acceptors (Lipinski definition) is 4. The van der Waals surface area contributed by atoms with Gasteiger partial charge in [0.1, 0.15) is 0 Å². The first-order valence-electron chi connectivity index (χ1n) is 9.53. The number of benzene rings is 2. The molecule has 1 amide bonds. The molecule has 4 aromatic rings. The highest BCUT2D eigenvalue weighted by Crippen LogP contribution is 2.32. The molecule has 144 valence electrons. The Kier molecular flexibility index (Phi) is 4.57. The van der Waals surface area contributed by atoms with Gasteiger partial charge in [0.25, 0.3) is 5.91 Å². The predicted octanol–water partition coefficient (Wildman–Crippen LogP) is 6.06. The molecular weight excluding hydrogens is 402 g/mol. The van der Waals surface area contributed by atoms with Crippen molar-refractivity contribution in [2.24, 2.45) is 0 Å². The van der Waals surface area contributed by atoms with Gasteiger partial charge in [-0.05, 0) is 62.1 Å². The van der Waals surface area contributed by atoms with E-state index in [1.54, 1.807) is 11.3 Å². The zero-order valence-corrected chi connectivity index (χ0v) is 17.4. The van der Waals surface area contributed by atoms with Crippen LogP contribution < -0.4 is 5.32 Å². The van der Waals surface area contributed by atoms with Crippen LogP contribution in [0.4, 0.5) is 5.69 Å². The van der Waals surface area contributed by atoms with Crippen molar-refractivity contribution in [2.45, 2.75) is 26.2 Å². The van der Waals surface area contributed by atoms with E-state index < -0.39 is 0 Å². The third-order valence-electron chi connectivity index (χ3n) is 5.26. The quantitative estimate of drug-likeness (QED) is 0.439. The first kappa shape index (κ1) is 18.3. The van der Waals surface area contributed by atoms with E-state index in [-0.39, 0.29) is 5.91 Å². The van der Waals surface area contributed by atoms with Crippen molar-refractivity contribution in [3.63, 3.8) is 0 Å². The number of nitrogens with zero attached hydrogens (tertiary/aromatic N) is 2. The van der Waals surface area contributed by atoms with Crippen LogP contribution in [0.5, 0.6) is 0 Å². The van der Waals surface area contributed by atoms with Gasteiger partial charge in [0.15, 0.2) is 0 Å². The molecule has 0 fully saturated rings. The molecule has 6 heteroatoms. The predicted molar refractivity (Wildman–Crippen MR) is 119 cm³/mol. The third-order valence-corrected chi connectivity index (χ3v) is 6.27. The van der Waals surface area contributed by atoms with Crippen molar-refractivity contribution in [1.29, 1.82) is 0 Å². The average molecular weight is 420 g/mol. The lowest BCUT2D eigenvalue weighted by atomic mass is 10.0. The Labute approximate surface area is 177 Å². The normalized spacial score (nSPS) is 12.9. The maximum Gasteiger partial charge on any atom is 0.256 e. The molecule has 2 heterocycles. The van der Waals surface area contributed by atoms with Crippen LogP contribution in [-0.4, -0.2) is 15.9 Å². The fraction of sp³-hybridized carbons (Fsp3) is 0.174. The first-order valence-corrected chi connectivity index (χ1v) is 10.8. The SMILES string of the molecule is Cc1nc(-c2ccc(NC(=O)c3c4c(nc5ccc(Cl)cc35)CCC4)cc2)cs1. The van der Waals surface area contributed by atoms with E-state index in [1.807, 2.05) is 54.8 Å². The number of nitrogens with one attached hydrogen (secondary N) is 1. The Morgan fingerprint density at radius 2 is 1.93 bits per heavy atom. The summed E-state index contributed by atoms with van der Waals surface area (Å²) in [7, 11) is 0. The molecule has 0 atom stereocenters. The fourth-order valence-electron chi connectivity index (χ4n) is 3.91. The highest BCUT2D eigenvalue weighted by molar-refractivity contribution is 7.09. The molecule has 0 unspecified atom stereocenters. The molecule has 29 heavy (non-hydrogen) atoms. The standard InChI is InChI=1S/C23H18ClN3OS/c1-13-25-21(12-29-13)14-5-8-16(9-6-14)26-23(28)22-17-3-2-4-19(17)27-20-10-7-15(24)11-18(20)22/h5-12H,2-4H2,1H3,(H,26,28). The molecule has 0 aliphatic heterocycles. The van der Waals surface area contributed by atoms with Gasteiger partial charge >= 0.3 is 0 Å². The molecule has 0 radical (unpaired) electrons. The molecule has 0 saturated heterocycles. The molecule has 1 N–H and O–H groups in total. The number of aryl methyl sites for hydroxylation is 2. The molecule has 5 rings (SSSR count). The number of rotatable bonds is 3. The highest BCUT2D eigenvalue weighted by atomic mass is 35.5. The number of aromatic nitrogens is 2. The number of thiazole rings is 1. The first-order chi connectivity index (χ1) is 14.1. The molecule has 1 aliphatic rings. The molecule has 0 bridgehead atoms. The highest BCUT2D eigenvalue weighted by Gasteiger charge is 2.24. The monoisotopic (exact) mass is 419 g/mol. The number of halogens is 1. The van der Waals surface area contributed by atoms with Gasteiger partial charge in [0.2, 0.25) is 0 Å². The average Bonchev–Trinajstić information content (AvgIpc) is 3.35. The van der Waals surface area contributed by atoms with Crippen molar-refractivity contribution in [3.8, 4) is 11.3 Å². The van der Waals surface area contributed by atoms with Gasteiger partial charge in [-0.1, -0.05) is 23.7 Å². The van der Waals surface area contributed by atoms with E-state index in [2.05, 4.69) is 10.3 Å². The maximum atomic E-state index is 13.3. The summed E-state index contributed by atoms with van der Waals surface area (Å²) in [6.07, 6.45) is 2.81. The number of hydrogen-bond donors (Lipinski definition) is 1. The lowest BCUT2D eigenvalue weighted by molar-refractivity contribution is 0.102. The number of anilines is 1. The largest absolute Gasteiger partial charge is 0.322 e. The molecule has 2 aromatic heterocycles. The zero-order chi connectivity index (χ0) is 20.0. The Bertz CT molecular complexity index is 1250. The van der Waals surface area contributed by atoms with Gasteiger partial charge in [-0.15, -0.1) is 11.3 Å². The van der Waals surface area contributed by atoms with E-state index in [9.17, 15) is 4.79 Å². The Morgan fingerprint density at radius 1 is 1.10 bits per heavy atom. The fourth-order valence-corrected chi connectivity index (χ4v) is 4.70. The smallest absolute Gasteiger partial charge is 0.256 e. The molecule has 2 aromatic carbocycles. The summed E-state index contributed by atoms with van der Waals surface area (Å²) in [4.78, 5) is 22.5. The van der Waals surface area contributed by atoms with Crippen LogP contribution in [0.25, 0.3) is 22.2 Å². The summed E-state index contributed by atoms with van der Waals surface area (Å²) in [5, 5.41) is 7.55. The van der Waals surface area contributed by atoms with Crippen LogP contribution in [0.3, 0.4) is 0 Å². The van der Waals surface area contributed by atoms with Gasteiger partial charge in [-0.2, -0.15) is 0 Å². The second kappa shape index (κ2) is 7.25. The van der Waals surface area contributed by atoms with Gasteiger partial charge in [0, 0.05) is 32.7 Å². The zero-order valence-electron chi connectivity index (χ0n) is 15.8. The topological polar surface area (TPSA) is 54.9 Å². The number of fused-ring (bicyclic) bond motifs is 2. The van der Waals surface area contributed by atoms with Crippen LogP contribution in [0, 0.1) is 6.92 Å². The van der Waals surface area contributed by atoms with Crippen molar-refractivity contribution in [1.82, 2.24) is 9.97 Å². The van der Waals surface area contributed by atoms with Gasteiger partial charge in [-0.3, -0.25) is 9.78 Å². The molecule has 4 nitrogen and oxygen atoms in total. The molecule has 0 saturated carbocycles. The lowest BCUT2D eigenvalue weighted by Crippen LogP contribution is -2.15. The van der Waals surface area contributed by atoms with Crippen molar-refractivity contribution in [3.05, 3.63) is 74.7 Å². The van der Waals surface area contributed by atoms with Crippen LogP contribution in [-0.2, 0) is 12.8 Å². The summed E-state index contributed by atoms with van der Waals surface area (Å²) < 4.78 is 0. The number of carbonyl (C=O) groups excluding carboxylic acids is 1. The van der Waals surface area contributed by atoms with Crippen molar-refractivity contribution in [2.75, 3.05) is 5.32 Å². The van der Waals surface area contributed by atoms with Crippen LogP contribution in [0.2, 0.25) is 5.02 Å². The van der Waals surface area contributed by atoms with Crippen LogP contribution in [0.15, 0.2) is 47.8 Å². The van der Waals surface area contributed by atoms with Crippen LogP contribution >= 0.6 is 22.9 Å². The van der Waals surface area contributed by atoms with E-state index in [0.717, 1.165) is 63.4 Å². The van der Waals surface area contributed by atoms with Crippen LogP contribution in [0.1, 0.15) is 33.0 Å². The summed E-state index contributed by atoms with van der Waals surface area (Å²) in [6, 6.07) is 13.3. The minimum absolute atomic E-state index is 0.116. The third kappa shape index (κ3) is 3.41. The minimum Gasteiger partial charge on any atom is -0.322 e. The summed E-state index contributed by atoms with van der Waals surface area (Å²) in [5.74, 6) is -0.116. The van der Waals surface area contributed by atoms with Gasteiger partial charge in [-0.25, -0.2) is 4.98 Å². The van der Waals surface area contributed by atoms with E-state index in [4.69, 9.17) is 16.6 Å². The number of pyridine rings is 1. The number of amides is 1. The molecule has 0 spiro atoms. The second-order valence-electron chi connectivity index (χ2n) is 7.21.